The Hall–Kier alpha value is -2.70. The molecule has 1 aliphatic rings. The summed E-state index contributed by atoms with van der Waals surface area (Å²) in [7, 11) is 0. The molecule has 2 heterocycles. The summed E-state index contributed by atoms with van der Waals surface area (Å²) in [5.74, 6) is -0.0183. The number of benzene rings is 2. The third-order valence-electron chi connectivity index (χ3n) is 3.83. The molecule has 2 aromatic carbocycles. The van der Waals surface area contributed by atoms with Crippen molar-refractivity contribution in [1.82, 2.24) is 4.98 Å². The van der Waals surface area contributed by atoms with Gasteiger partial charge in [-0.3, -0.25) is 14.7 Å². The molecule has 1 saturated heterocycles. The van der Waals surface area contributed by atoms with E-state index in [9.17, 15) is 9.90 Å². The van der Waals surface area contributed by atoms with Crippen LogP contribution in [0.2, 0.25) is 0 Å². The van der Waals surface area contributed by atoms with E-state index in [0.29, 0.717) is 14.9 Å². The Kier molecular flexibility index (Phi) is 3.99. The first-order chi connectivity index (χ1) is 12.1. The smallest absolute Gasteiger partial charge is 0.270 e. The van der Waals surface area contributed by atoms with Gasteiger partial charge >= 0.3 is 0 Å². The molecular weight excluding hydrogens is 352 g/mol. The van der Waals surface area contributed by atoms with Gasteiger partial charge in [-0.1, -0.05) is 42.2 Å². The Balaban J connectivity index is 1.68. The van der Waals surface area contributed by atoms with Gasteiger partial charge in [-0.05, 0) is 48.0 Å². The van der Waals surface area contributed by atoms with Gasteiger partial charge < -0.3 is 5.11 Å². The summed E-state index contributed by atoms with van der Waals surface area (Å²) in [6.45, 7) is 0. The third kappa shape index (κ3) is 3.01. The number of aromatic nitrogens is 1. The van der Waals surface area contributed by atoms with Crippen LogP contribution in [0, 0.1) is 0 Å². The number of thioether (sulfide) groups is 1. The van der Waals surface area contributed by atoms with E-state index in [0.717, 1.165) is 16.5 Å². The maximum atomic E-state index is 12.7. The fourth-order valence-electron chi connectivity index (χ4n) is 2.62. The molecule has 1 fully saturated rings. The number of pyridine rings is 1. The van der Waals surface area contributed by atoms with E-state index in [-0.39, 0.29) is 11.7 Å². The topological polar surface area (TPSA) is 53.4 Å². The van der Waals surface area contributed by atoms with E-state index in [1.54, 1.807) is 18.3 Å². The standard InChI is InChI=1S/C19H12N2O2S2/c22-15-7-5-14(6-8-15)21-18(23)17(25-19(21)24)11-12-3-4-13-2-1-9-20-16(13)10-12/h1-11,22H. The fraction of sp³-hybridized carbons (Fsp3) is 0. The Morgan fingerprint density at radius 1 is 1.12 bits per heavy atom. The van der Waals surface area contributed by atoms with Crippen molar-refractivity contribution < 1.29 is 9.90 Å². The molecule has 6 heteroatoms. The first-order valence-electron chi connectivity index (χ1n) is 7.53. The number of amides is 1. The highest BCUT2D eigenvalue weighted by Gasteiger charge is 2.33. The van der Waals surface area contributed by atoms with Gasteiger partial charge in [-0.25, -0.2) is 0 Å². The fourth-order valence-corrected chi connectivity index (χ4v) is 3.92. The van der Waals surface area contributed by atoms with E-state index >= 15 is 0 Å². The van der Waals surface area contributed by atoms with Gasteiger partial charge in [0.2, 0.25) is 0 Å². The van der Waals surface area contributed by atoms with E-state index < -0.39 is 0 Å². The van der Waals surface area contributed by atoms with Crippen molar-refractivity contribution in [3.8, 4) is 5.75 Å². The lowest BCUT2D eigenvalue weighted by molar-refractivity contribution is -0.113. The van der Waals surface area contributed by atoms with Crippen LogP contribution in [0.15, 0.2) is 65.7 Å². The lowest BCUT2D eigenvalue weighted by atomic mass is 10.1. The number of nitrogens with zero attached hydrogens (tertiary/aromatic N) is 2. The first-order valence-corrected chi connectivity index (χ1v) is 8.76. The number of aromatic hydroxyl groups is 1. The number of thiocarbonyl (C=S) groups is 1. The molecule has 4 rings (SSSR count). The second-order valence-electron chi connectivity index (χ2n) is 5.49. The number of phenolic OH excluding ortho intramolecular Hbond substituents is 1. The quantitative estimate of drug-likeness (QED) is 0.541. The number of hydrogen-bond donors (Lipinski definition) is 1. The van der Waals surface area contributed by atoms with E-state index in [4.69, 9.17) is 12.2 Å². The molecule has 1 N–H and O–H groups in total. The number of carbonyl (C=O) groups is 1. The van der Waals surface area contributed by atoms with Crippen LogP contribution in [0.1, 0.15) is 5.56 Å². The zero-order valence-electron chi connectivity index (χ0n) is 12.9. The lowest BCUT2D eigenvalue weighted by Crippen LogP contribution is -2.27. The molecule has 4 nitrogen and oxygen atoms in total. The van der Waals surface area contributed by atoms with Gasteiger partial charge in [-0.15, -0.1) is 0 Å². The van der Waals surface area contributed by atoms with Gasteiger partial charge in [0.25, 0.3) is 5.91 Å². The number of anilines is 1. The van der Waals surface area contributed by atoms with Crippen LogP contribution < -0.4 is 4.90 Å². The molecule has 1 aliphatic heterocycles. The van der Waals surface area contributed by atoms with Crippen LogP contribution in [0.4, 0.5) is 5.69 Å². The highest BCUT2D eigenvalue weighted by molar-refractivity contribution is 8.27. The average Bonchev–Trinajstić information content (AvgIpc) is 2.89. The van der Waals surface area contributed by atoms with E-state index in [1.807, 2.05) is 36.4 Å². The Morgan fingerprint density at radius 2 is 1.92 bits per heavy atom. The largest absolute Gasteiger partial charge is 0.508 e. The maximum Gasteiger partial charge on any atom is 0.270 e. The maximum absolute atomic E-state index is 12.7. The van der Waals surface area contributed by atoms with Crippen LogP contribution >= 0.6 is 24.0 Å². The van der Waals surface area contributed by atoms with Crippen molar-refractivity contribution in [2.24, 2.45) is 0 Å². The number of carbonyl (C=O) groups excluding carboxylic acids is 1. The van der Waals surface area contributed by atoms with Gasteiger partial charge in [0.05, 0.1) is 16.1 Å². The first kappa shape index (κ1) is 15.8. The number of phenols is 1. The summed E-state index contributed by atoms with van der Waals surface area (Å²) in [5, 5.41) is 10.5. The Bertz CT molecular complexity index is 1030. The van der Waals surface area contributed by atoms with Crippen LogP contribution in [0.25, 0.3) is 17.0 Å². The lowest BCUT2D eigenvalue weighted by Gasteiger charge is -2.14. The summed E-state index contributed by atoms with van der Waals surface area (Å²) in [6, 6.07) is 16.2. The number of hydrogen-bond acceptors (Lipinski definition) is 5. The highest BCUT2D eigenvalue weighted by Crippen LogP contribution is 2.36. The molecule has 0 radical (unpaired) electrons. The van der Waals surface area contributed by atoms with Gasteiger partial charge in [-0.2, -0.15) is 0 Å². The van der Waals surface area contributed by atoms with Crippen molar-refractivity contribution in [2.45, 2.75) is 0 Å². The molecule has 1 amide bonds. The van der Waals surface area contributed by atoms with Gasteiger partial charge in [0.1, 0.15) is 5.75 Å². The molecule has 3 aromatic rings. The second kappa shape index (κ2) is 6.31. The van der Waals surface area contributed by atoms with Crippen molar-refractivity contribution in [1.29, 1.82) is 0 Å². The van der Waals surface area contributed by atoms with E-state index in [2.05, 4.69) is 4.98 Å². The minimum Gasteiger partial charge on any atom is -0.508 e. The third-order valence-corrected chi connectivity index (χ3v) is 5.13. The van der Waals surface area contributed by atoms with Crippen molar-refractivity contribution >= 4 is 56.9 Å². The average molecular weight is 364 g/mol. The summed E-state index contributed by atoms with van der Waals surface area (Å²) in [5.41, 5.74) is 2.42. The SMILES string of the molecule is O=C1C(=Cc2ccc3cccnc3c2)SC(=S)N1c1ccc(O)cc1. The van der Waals surface area contributed by atoms with Crippen LogP contribution in [0.5, 0.6) is 5.75 Å². The minimum absolute atomic E-state index is 0.147. The molecule has 0 spiro atoms. The van der Waals surface area contributed by atoms with Crippen LogP contribution in [0.3, 0.4) is 0 Å². The predicted molar refractivity (Wildman–Crippen MR) is 106 cm³/mol. The normalized spacial score (nSPS) is 16.2. The second-order valence-corrected chi connectivity index (χ2v) is 7.16. The zero-order chi connectivity index (χ0) is 17.4. The summed E-state index contributed by atoms with van der Waals surface area (Å²) in [4.78, 5) is 19.1. The van der Waals surface area contributed by atoms with Crippen LogP contribution in [-0.4, -0.2) is 20.3 Å². The van der Waals surface area contributed by atoms with Crippen molar-refractivity contribution in [2.75, 3.05) is 4.90 Å². The Morgan fingerprint density at radius 3 is 2.72 bits per heavy atom. The molecule has 0 bridgehead atoms. The Labute approximate surface area is 153 Å². The molecular formula is C19H12N2O2S2. The molecule has 25 heavy (non-hydrogen) atoms. The molecule has 0 atom stereocenters. The number of rotatable bonds is 2. The number of fused-ring (bicyclic) bond motifs is 1. The molecule has 0 saturated carbocycles. The molecule has 122 valence electrons. The monoisotopic (exact) mass is 364 g/mol. The highest BCUT2D eigenvalue weighted by atomic mass is 32.2. The van der Waals surface area contributed by atoms with Crippen molar-refractivity contribution in [3.05, 3.63) is 71.3 Å². The molecule has 1 aromatic heterocycles. The van der Waals surface area contributed by atoms with Gasteiger partial charge in [0, 0.05) is 11.6 Å². The summed E-state index contributed by atoms with van der Waals surface area (Å²) < 4.78 is 0.473. The summed E-state index contributed by atoms with van der Waals surface area (Å²) in [6.07, 6.45) is 3.57. The van der Waals surface area contributed by atoms with Gasteiger partial charge in [0.15, 0.2) is 4.32 Å². The summed E-state index contributed by atoms with van der Waals surface area (Å²) >= 11 is 6.62. The molecule has 0 unspecified atom stereocenters. The zero-order valence-corrected chi connectivity index (χ0v) is 14.6. The predicted octanol–water partition coefficient (Wildman–Crippen LogP) is 4.35. The van der Waals surface area contributed by atoms with Crippen molar-refractivity contribution in [3.63, 3.8) is 0 Å². The van der Waals surface area contributed by atoms with Crippen LogP contribution in [-0.2, 0) is 4.79 Å². The van der Waals surface area contributed by atoms with E-state index in [1.165, 1.54) is 28.8 Å². The minimum atomic E-state index is -0.165. The molecule has 0 aliphatic carbocycles.